The molecule has 0 saturated heterocycles. The first-order chi connectivity index (χ1) is 20.2. The topological polar surface area (TPSA) is 20.5 Å². The van der Waals surface area contributed by atoms with Crippen molar-refractivity contribution in [3.63, 3.8) is 0 Å². The molecule has 2 aliphatic rings. The molecule has 0 spiro atoms. The summed E-state index contributed by atoms with van der Waals surface area (Å²) >= 11 is 0. The van der Waals surface area contributed by atoms with E-state index in [1.165, 1.54) is 88.8 Å². The van der Waals surface area contributed by atoms with Crippen LogP contribution in [0.15, 0.2) is 73.4 Å². The number of imidazole rings is 1. The molecule has 0 atom stereocenters. The SMILES string of the molecule is C=CN1c2cc3ccc4cccc5c4c3c3c2B(c2cc(C)cc(C)c21)c1cc(C(C)(C)C)cc2nc5n3c12.CCC. The minimum atomic E-state index is 0.0119. The molecule has 3 nitrogen and oxygen atoms in total. The quantitative estimate of drug-likeness (QED) is 0.153. The van der Waals surface area contributed by atoms with E-state index >= 15 is 0 Å². The van der Waals surface area contributed by atoms with Gasteiger partial charge in [0.1, 0.15) is 5.65 Å². The number of benzene rings is 5. The fourth-order valence-corrected chi connectivity index (χ4v) is 7.78. The molecule has 5 aromatic carbocycles. The number of aromatic nitrogens is 2. The highest BCUT2D eigenvalue weighted by Gasteiger charge is 2.42. The molecule has 0 unspecified atom stereocenters. The molecule has 2 aromatic heterocycles. The number of pyridine rings is 1. The number of hydrogen-bond donors (Lipinski definition) is 0. The molecule has 0 radical (unpaired) electrons. The van der Waals surface area contributed by atoms with E-state index in [0.717, 1.165) is 11.2 Å². The van der Waals surface area contributed by atoms with Crippen LogP contribution in [0.4, 0.5) is 11.4 Å². The van der Waals surface area contributed by atoms with Crippen molar-refractivity contribution in [2.75, 3.05) is 4.90 Å². The van der Waals surface area contributed by atoms with E-state index in [1.54, 1.807) is 0 Å². The van der Waals surface area contributed by atoms with E-state index in [0.29, 0.717) is 0 Å². The Labute approximate surface area is 247 Å². The van der Waals surface area contributed by atoms with Crippen molar-refractivity contribution in [3.8, 4) is 0 Å². The molecule has 0 bridgehead atoms. The van der Waals surface area contributed by atoms with Crippen LogP contribution in [-0.2, 0) is 5.41 Å². The second-order valence-electron chi connectivity index (χ2n) is 13.4. The summed E-state index contributed by atoms with van der Waals surface area (Å²) in [6.45, 7) is 20.1. The zero-order valence-electron chi connectivity index (χ0n) is 25.7. The molecule has 4 heterocycles. The Morgan fingerprint density at radius 2 is 1.64 bits per heavy atom. The number of aryl methyl sites for hydroxylation is 2. The van der Waals surface area contributed by atoms with Gasteiger partial charge in [-0.3, -0.25) is 4.40 Å². The highest BCUT2D eigenvalue weighted by Crippen LogP contribution is 2.44. The molecule has 0 N–H and O–H groups in total. The number of rotatable bonds is 1. The van der Waals surface area contributed by atoms with Crippen LogP contribution in [0, 0.1) is 13.8 Å². The predicted octanol–water partition coefficient (Wildman–Crippen LogP) is 8.14. The van der Waals surface area contributed by atoms with Gasteiger partial charge in [0, 0.05) is 33.7 Å². The molecular formula is C38H36BN3. The van der Waals surface area contributed by atoms with Crippen LogP contribution in [0.25, 0.3) is 49.1 Å². The molecule has 9 rings (SSSR count). The van der Waals surface area contributed by atoms with Crippen molar-refractivity contribution in [1.82, 2.24) is 9.38 Å². The van der Waals surface area contributed by atoms with Gasteiger partial charge in [-0.1, -0.05) is 102 Å². The first-order valence-electron chi connectivity index (χ1n) is 15.3. The van der Waals surface area contributed by atoms with E-state index < -0.39 is 0 Å². The summed E-state index contributed by atoms with van der Waals surface area (Å²) in [6, 6.07) is 23.2. The molecular weight excluding hydrogens is 509 g/mol. The van der Waals surface area contributed by atoms with Gasteiger partial charge in [-0.05, 0) is 69.7 Å². The van der Waals surface area contributed by atoms with Gasteiger partial charge in [0.25, 0.3) is 6.71 Å². The van der Waals surface area contributed by atoms with Gasteiger partial charge in [0.2, 0.25) is 0 Å². The van der Waals surface area contributed by atoms with Gasteiger partial charge in [-0.15, -0.1) is 0 Å². The Bertz CT molecular complexity index is 2280. The first-order valence-corrected chi connectivity index (χ1v) is 15.3. The van der Waals surface area contributed by atoms with Crippen LogP contribution >= 0.6 is 0 Å². The summed E-state index contributed by atoms with van der Waals surface area (Å²) in [5.41, 5.74) is 15.3. The smallest absolute Gasteiger partial charge is 0.252 e. The predicted molar refractivity (Wildman–Crippen MR) is 184 cm³/mol. The molecule has 0 aliphatic carbocycles. The van der Waals surface area contributed by atoms with Crippen molar-refractivity contribution < 1.29 is 0 Å². The maximum Gasteiger partial charge on any atom is 0.252 e. The van der Waals surface area contributed by atoms with Crippen LogP contribution in [0.2, 0.25) is 0 Å². The molecule has 7 aromatic rings. The fourth-order valence-electron chi connectivity index (χ4n) is 7.78. The summed E-state index contributed by atoms with van der Waals surface area (Å²) in [6.07, 6.45) is 3.25. The van der Waals surface area contributed by atoms with Crippen molar-refractivity contribution in [2.45, 2.75) is 60.3 Å². The van der Waals surface area contributed by atoms with Crippen LogP contribution in [0.3, 0.4) is 0 Å². The summed E-state index contributed by atoms with van der Waals surface area (Å²) in [4.78, 5) is 7.75. The normalized spacial score (nSPS) is 13.7. The van der Waals surface area contributed by atoms with Crippen LogP contribution < -0.4 is 21.3 Å². The Kier molecular flexibility index (Phi) is 5.07. The lowest BCUT2D eigenvalue weighted by Crippen LogP contribution is -2.60. The minimum Gasteiger partial charge on any atom is -0.318 e. The molecule has 0 saturated carbocycles. The third-order valence-corrected chi connectivity index (χ3v) is 9.32. The van der Waals surface area contributed by atoms with Crippen molar-refractivity contribution >= 4 is 83.6 Å². The van der Waals surface area contributed by atoms with Gasteiger partial charge < -0.3 is 4.90 Å². The van der Waals surface area contributed by atoms with Gasteiger partial charge in [0.05, 0.1) is 16.6 Å². The van der Waals surface area contributed by atoms with Crippen molar-refractivity contribution in [2.24, 2.45) is 0 Å². The number of nitrogens with zero attached hydrogens (tertiary/aromatic N) is 3. The third kappa shape index (κ3) is 3.05. The highest BCUT2D eigenvalue weighted by molar-refractivity contribution is 7.01. The van der Waals surface area contributed by atoms with Gasteiger partial charge >= 0.3 is 0 Å². The van der Waals surface area contributed by atoms with Crippen molar-refractivity contribution in [3.05, 3.63) is 90.1 Å². The van der Waals surface area contributed by atoms with Crippen LogP contribution in [0.5, 0.6) is 0 Å². The maximum absolute atomic E-state index is 5.41. The van der Waals surface area contributed by atoms with Gasteiger partial charge in [0.15, 0.2) is 0 Å². The average molecular weight is 546 g/mol. The maximum atomic E-state index is 5.41. The molecule has 2 aliphatic heterocycles. The van der Waals surface area contributed by atoms with E-state index in [-0.39, 0.29) is 12.1 Å². The molecule has 42 heavy (non-hydrogen) atoms. The zero-order valence-corrected chi connectivity index (χ0v) is 25.7. The first kappa shape index (κ1) is 25.4. The van der Waals surface area contributed by atoms with Crippen LogP contribution in [-0.4, -0.2) is 16.1 Å². The van der Waals surface area contributed by atoms with Gasteiger partial charge in [-0.2, -0.15) is 0 Å². The monoisotopic (exact) mass is 545 g/mol. The molecule has 206 valence electrons. The lowest BCUT2D eigenvalue weighted by Gasteiger charge is -2.39. The number of fused-ring (bicyclic) bond motifs is 4. The summed E-state index contributed by atoms with van der Waals surface area (Å²) in [5.74, 6) is 0. The zero-order chi connectivity index (χ0) is 29.2. The Balaban J connectivity index is 0.000000856. The summed E-state index contributed by atoms with van der Waals surface area (Å²) < 4.78 is 2.49. The summed E-state index contributed by atoms with van der Waals surface area (Å²) in [7, 11) is 0. The number of hydrogen-bond acceptors (Lipinski definition) is 2. The largest absolute Gasteiger partial charge is 0.318 e. The average Bonchev–Trinajstić information content (AvgIpc) is 3.34. The number of anilines is 2. The standard InChI is InChI=1S/C35H28BN3.C3H8/c1-7-38-27-15-21-12-11-20-9-8-10-23-28(20)29(21)33-30(27)36(24-14-18(2)13-19(3)31(24)38)25-16-22(35(4,5)6)17-26-32(25)39(33)34(23)37-26;1-3-2/h7-17H,1H2,2-6H3;3H2,1-2H3. The van der Waals surface area contributed by atoms with E-state index in [2.05, 4.69) is 125 Å². The Morgan fingerprint density at radius 1 is 0.881 bits per heavy atom. The second-order valence-corrected chi connectivity index (χ2v) is 13.4. The Morgan fingerprint density at radius 3 is 2.38 bits per heavy atom. The van der Waals surface area contributed by atoms with E-state index in [9.17, 15) is 0 Å². The molecule has 4 heteroatoms. The van der Waals surface area contributed by atoms with E-state index in [1.807, 2.05) is 6.20 Å². The lowest BCUT2D eigenvalue weighted by molar-refractivity contribution is 0.591. The highest BCUT2D eigenvalue weighted by atomic mass is 15.1. The minimum absolute atomic E-state index is 0.0119. The fraction of sp³-hybridized carbons (Fsp3) is 0.237. The third-order valence-electron chi connectivity index (χ3n) is 9.32. The van der Waals surface area contributed by atoms with Crippen molar-refractivity contribution in [1.29, 1.82) is 0 Å². The van der Waals surface area contributed by atoms with Gasteiger partial charge in [-0.25, -0.2) is 4.98 Å². The van der Waals surface area contributed by atoms with Crippen LogP contribution in [0.1, 0.15) is 57.7 Å². The molecule has 0 amide bonds. The lowest BCUT2D eigenvalue weighted by atomic mass is 9.33. The van der Waals surface area contributed by atoms with E-state index in [4.69, 9.17) is 4.98 Å². The second kappa shape index (κ2) is 8.38. The summed E-state index contributed by atoms with van der Waals surface area (Å²) in [5, 5.41) is 6.44. The molecule has 0 fully saturated rings. The Hall–Kier alpha value is -4.31.